The van der Waals surface area contributed by atoms with Gasteiger partial charge in [0.2, 0.25) is 5.43 Å². The van der Waals surface area contributed by atoms with Crippen LogP contribution in [-0.2, 0) is 7.05 Å². The third-order valence-corrected chi connectivity index (χ3v) is 5.02. The second kappa shape index (κ2) is 6.09. The molecule has 0 amide bonds. The minimum atomic E-state index is -1.28. The number of benzene rings is 1. The van der Waals surface area contributed by atoms with E-state index in [1.54, 1.807) is 11.6 Å². The van der Waals surface area contributed by atoms with E-state index in [4.69, 9.17) is 0 Å². The van der Waals surface area contributed by atoms with E-state index in [1.807, 2.05) is 4.90 Å². The van der Waals surface area contributed by atoms with Crippen LogP contribution in [0.25, 0.3) is 21.8 Å². The van der Waals surface area contributed by atoms with E-state index >= 15 is 0 Å². The first-order valence-corrected chi connectivity index (χ1v) is 8.58. The number of aryl methyl sites for hydroxylation is 1. The molecule has 4 rings (SSSR count). The first-order chi connectivity index (χ1) is 12.5. The van der Waals surface area contributed by atoms with Crippen molar-refractivity contribution in [2.24, 2.45) is 7.05 Å². The Morgan fingerprint density at radius 3 is 2.65 bits per heavy atom. The number of aromatic carboxylic acids is 1. The van der Waals surface area contributed by atoms with Crippen molar-refractivity contribution in [3.05, 3.63) is 46.1 Å². The average molecular weight is 355 g/mol. The number of aromatic nitrogens is 2. The van der Waals surface area contributed by atoms with Crippen LogP contribution in [0.1, 0.15) is 29.6 Å². The van der Waals surface area contributed by atoms with Gasteiger partial charge in [-0.2, -0.15) is 0 Å². The lowest BCUT2D eigenvalue weighted by atomic mass is 10.0. The summed E-state index contributed by atoms with van der Waals surface area (Å²) in [4.78, 5) is 30.6. The van der Waals surface area contributed by atoms with Gasteiger partial charge in [-0.05, 0) is 31.4 Å². The summed E-state index contributed by atoms with van der Waals surface area (Å²) in [6.07, 6.45) is 5.87. The van der Waals surface area contributed by atoms with Gasteiger partial charge in [-0.1, -0.05) is 0 Å². The zero-order valence-electron chi connectivity index (χ0n) is 14.3. The number of carboxylic acids is 1. The number of nitrogens with zero attached hydrogens (tertiary/aromatic N) is 3. The first kappa shape index (κ1) is 16.5. The van der Waals surface area contributed by atoms with Crippen LogP contribution in [0.3, 0.4) is 0 Å². The number of piperidine rings is 1. The summed E-state index contributed by atoms with van der Waals surface area (Å²) in [5.41, 5.74) is 0.431. The molecule has 7 heteroatoms. The van der Waals surface area contributed by atoms with Crippen molar-refractivity contribution < 1.29 is 14.3 Å². The van der Waals surface area contributed by atoms with Crippen LogP contribution in [0.2, 0.25) is 0 Å². The molecule has 1 aliphatic rings. The fourth-order valence-electron chi connectivity index (χ4n) is 3.75. The maximum absolute atomic E-state index is 14.6. The Labute approximate surface area is 148 Å². The van der Waals surface area contributed by atoms with Crippen LogP contribution in [0.5, 0.6) is 0 Å². The molecule has 0 unspecified atom stereocenters. The highest BCUT2D eigenvalue weighted by molar-refractivity contribution is 6.09. The van der Waals surface area contributed by atoms with E-state index in [0.717, 1.165) is 32.4 Å². The number of anilines is 1. The number of rotatable bonds is 2. The largest absolute Gasteiger partial charge is 0.477 e. The molecule has 0 saturated carbocycles. The number of carbonyl (C=O) groups is 1. The smallest absolute Gasteiger partial charge is 0.341 e. The van der Waals surface area contributed by atoms with Gasteiger partial charge in [0.1, 0.15) is 11.4 Å². The Kier molecular flexibility index (Phi) is 3.86. The molecule has 134 valence electrons. The topological polar surface area (TPSA) is 75.4 Å². The Hall–Kier alpha value is -2.96. The summed E-state index contributed by atoms with van der Waals surface area (Å²) in [6, 6.07) is 2.85. The van der Waals surface area contributed by atoms with E-state index in [2.05, 4.69) is 4.98 Å². The molecule has 1 fully saturated rings. The molecule has 0 radical (unpaired) electrons. The Morgan fingerprint density at radius 2 is 1.96 bits per heavy atom. The fraction of sp³-hybridized carbons (Fsp3) is 0.316. The molecular formula is C19H18FN3O3. The van der Waals surface area contributed by atoms with Gasteiger partial charge in [-0.3, -0.25) is 9.78 Å². The second-order valence-corrected chi connectivity index (χ2v) is 6.65. The second-order valence-electron chi connectivity index (χ2n) is 6.65. The Morgan fingerprint density at radius 1 is 1.23 bits per heavy atom. The number of hydrogen-bond acceptors (Lipinski definition) is 4. The Bertz CT molecular complexity index is 1100. The predicted molar refractivity (Wildman–Crippen MR) is 97.5 cm³/mol. The van der Waals surface area contributed by atoms with Crippen LogP contribution < -0.4 is 10.3 Å². The number of fused-ring (bicyclic) bond motifs is 3. The molecule has 1 aliphatic heterocycles. The third-order valence-electron chi connectivity index (χ3n) is 5.02. The summed E-state index contributed by atoms with van der Waals surface area (Å²) in [5.74, 6) is -1.66. The van der Waals surface area contributed by atoms with Gasteiger partial charge >= 0.3 is 5.97 Å². The lowest BCUT2D eigenvalue weighted by molar-refractivity contribution is 0.0695. The summed E-state index contributed by atoms with van der Waals surface area (Å²) in [6.45, 7) is 1.48. The third kappa shape index (κ3) is 2.42. The molecule has 2 aromatic heterocycles. The zero-order chi connectivity index (χ0) is 18.4. The number of pyridine rings is 2. The minimum Gasteiger partial charge on any atom is -0.477 e. The van der Waals surface area contributed by atoms with Crippen molar-refractivity contribution in [2.45, 2.75) is 19.3 Å². The number of carboxylic acid groups (broad SMARTS) is 1. The van der Waals surface area contributed by atoms with Gasteiger partial charge in [-0.25, -0.2) is 9.18 Å². The van der Waals surface area contributed by atoms with Crippen molar-refractivity contribution in [2.75, 3.05) is 18.0 Å². The van der Waals surface area contributed by atoms with E-state index in [1.165, 1.54) is 24.5 Å². The van der Waals surface area contributed by atoms with Gasteiger partial charge in [0.05, 0.1) is 28.3 Å². The van der Waals surface area contributed by atoms with Crippen molar-refractivity contribution >= 4 is 33.5 Å². The Balaban J connectivity index is 2.11. The molecule has 1 aromatic carbocycles. The summed E-state index contributed by atoms with van der Waals surface area (Å²) < 4.78 is 16.2. The molecular weight excluding hydrogens is 337 g/mol. The van der Waals surface area contributed by atoms with Crippen molar-refractivity contribution in [3.8, 4) is 0 Å². The summed E-state index contributed by atoms with van der Waals surface area (Å²) in [5, 5.41) is 10.1. The van der Waals surface area contributed by atoms with Crippen LogP contribution >= 0.6 is 0 Å². The first-order valence-electron chi connectivity index (χ1n) is 8.58. The predicted octanol–water partition coefficient (Wildman–Crippen LogP) is 2.91. The van der Waals surface area contributed by atoms with Gasteiger partial charge in [-0.15, -0.1) is 0 Å². The van der Waals surface area contributed by atoms with Gasteiger partial charge in [0, 0.05) is 31.7 Å². The summed E-state index contributed by atoms with van der Waals surface area (Å²) >= 11 is 0. The molecule has 0 bridgehead atoms. The molecule has 6 nitrogen and oxygen atoms in total. The molecule has 26 heavy (non-hydrogen) atoms. The average Bonchev–Trinajstić information content (AvgIpc) is 2.64. The minimum absolute atomic E-state index is 0.260. The highest BCUT2D eigenvalue weighted by Gasteiger charge is 2.22. The molecule has 1 N–H and O–H groups in total. The zero-order valence-corrected chi connectivity index (χ0v) is 14.3. The monoisotopic (exact) mass is 355 g/mol. The standard InChI is InChI=1S/C19H18FN3O3/c1-22-10-12(19(25)26)18(24)15-11-5-6-13(20)17(16(11)21-9-14(15)22)23-7-3-2-4-8-23/h5-6,9-10H,2-4,7-8H2,1H3,(H,25,26). The maximum atomic E-state index is 14.6. The van der Waals surface area contributed by atoms with Gasteiger partial charge in [0.25, 0.3) is 0 Å². The molecule has 0 aliphatic carbocycles. The SMILES string of the molecule is Cn1cc(C(=O)O)c(=O)c2c3ccc(F)c(N4CCCCC4)c3ncc21. The number of hydrogen-bond donors (Lipinski definition) is 1. The van der Waals surface area contributed by atoms with Crippen LogP contribution in [0.15, 0.2) is 29.3 Å². The van der Waals surface area contributed by atoms with E-state index in [-0.39, 0.29) is 16.8 Å². The normalized spacial score (nSPS) is 14.9. The maximum Gasteiger partial charge on any atom is 0.341 e. The highest BCUT2D eigenvalue weighted by atomic mass is 19.1. The van der Waals surface area contributed by atoms with E-state index in [0.29, 0.717) is 22.1 Å². The highest BCUT2D eigenvalue weighted by Crippen LogP contribution is 2.33. The van der Waals surface area contributed by atoms with Gasteiger partial charge < -0.3 is 14.6 Å². The van der Waals surface area contributed by atoms with Crippen LogP contribution in [0.4, 0.5) is 10.1 Å². The van der Waals surface area contributed by atoms with E-state index < -0.39 is 11.4 Å². The van der Waals surface area contributed by atoms with Crippen molar-refractivity contribution in [1.82, 2.24) is 9.55 Å². The van der Waals surface area contributed by atoms with Crippen molar-refractivity contribution in [1.29, 1.82) is 0 Å². The molecule has 0 atom stereocenters. The summed E-state index contributed by atoms with van der Waals surface area (Å²) in [7, 11) is 1.66. The lowest BCUT2D eigenvalue weighted by Gasteiger charge is -2.29. The van der Waals surface area contributed by atoms with Crippen LogP contribution in [-0.4, -0.2) is 33.7 Å². The van der Waals surface area contributed by atoms with Gasteiger partial charge in [0.15, 0.2) is 0 Å². The fourth-order valence-corrected chi connectivity index (χ4v) is 3.75. The van der Waals surface area contributed by atoms with E-state index in [9.17, 15) is 19.1 Å². The van der Waals surface area contributed by atoms with Crippen molar-refractivity contribution in [3.63, 3.8) is 0 Å². The number of halogens is 1. The molecule has 3 heterocycles. The quantitative estimate of drug-likeness (QED) is 0.716. The lowest BCUT2D eigenvalue weighted by Crippen LogP contribution is -2.30. The van der Waals surface area contributed by atoms with Crippen LogP contribution in [0, 0.1) is 5.82 Å². The molecule has 3 aromatic rings. The molecule has 0 spiro atoms. The molecule has 1 saturated heterocycles.